The van der Waals surface area contributed by atoms with Crippen molar-refractivity contribution >= 4 is 31.9 Å². The molecular weight excluding hydrogens is 244 g/mol. The summed E-state index contributed by atoms with van der Waals surface area (Å²) in [6, 6.07) is 0. The van der Waals surface area contributed by atoms with E-state index in [1.807, 2.05) is 0 Å². The maximum Gasteiger partial charge on any atom is 0.0868 e. The first-order chi connectivity index (χ1) is 4.12. The van der Waals surface area contributed by atoms with E-state index >= 15 is 0 Å². The molecule has 0 amide bonds. The first kappa shape index (κ1) is 6.66. The third-order valence-corrected chi connectivity index (χ3v) is 5.03. The molecular formula is C7H10Br2. The number of rotatable bonds is 0. The minimum Gasteiger partial charge on any atom is -0.0721 e. The highest BCUT2D eigenvalue weighted by molar-refractivity contribution is 9.25. The van der Waals surface area contributed by atoms with Gasteiger partial charge in [-0.15, -0.1) is 0 Å². The fourth-order valence-corrected chi connectivity index (χ4v) is 3.83. The van der Waals surface area contributed by atoms with E-state index in [0.717, 1.165) is 17.8 Å². The predicted octanol–water partition coefficient (Wildman–Crippen LogP) is 3.15. The van der Waals surface area contributed by atoms with E-state index in [2.05, 4.69) is 38.8 Å². The van der Waals surface area contributed by atoms with Crippen LogP contribution in [0.5, 0.6) is 0 Å². The van der Waals surface area contributed by atoms with E-state index in [4.69, 9.17) is 0 Å². The summed E-state index contributed by atoms with van der Waals surface area (Å²) in [5.41, 5.74) is 0. The van der Waals surface area contributed by atoms with Crippen LogP contribution in [0.15, 0.2) is 0 Å². The standard InChI is InChI=1S/C7H10Br2/c1-4-2-5-6(3-4)7(5,8)9/h4-6H,2-3H2,1H3. The van der Waals surface area contributed by atoms with Crippen LogP contribution in [-0.4, -0.2) is 3.23 Å². The van der Waals surface area contributed by atoms with E-state index in [0.29, 0.717) is 3.23 Å². The van der Waals surface area contributed by atoms with Crippen LogP contribution in [0.4, 0.5) is 0 Å². The number of fused-ring (bicyclic) bond motifs is 1. The fourth-order valence-electron chi connectivity index (χ4n) is 2.07. The van der Waals surface area contributed by atoms with Crippen molar-refractivity contribution in [2.75, 3.05) is 0 Å². The predicted molar refractivity (Wildman–Crippen MR) is 46.0 cm³/mol. The quantitative estimate of drug-likeness (QED) is 0.582. The van der Waals surface area contributed by atoms with Crippen molar-refractivity contribution < 1.29 is 0 Å². The maximum absolute atomic E-state index is 3.67. The first-order valence-corrected chi connectivity index (χ1v) is 5.08. The highest BCUT2D eigenvalue weighted by Gasteiger charge is 2.64. The summed E-state index contributed by atoms with van der Waals surface area (Å²) in [6.45, 7) is 2.35. The summed E-state index contributed by atoms with van der Waals surface area (Å²) in [5, 5.41) is 0. The van der Waals surface area contributed by atoms with Gasteiger partial charge in [0.1, 0.15) is 0 Å². The molecule has 2 saturated carbocycles. The zero-order chi connectivity index (χ0) is 6.65. The lowest BCUT2D eigenvalue weighted by molar-refractivity contribution is 0.535. The van der Waals surface area contributed by atoms with Gasteiger partial charge in [-0.05, 0) is 30.6 Å². The Morgan fingerprint density at radius 3 is 2.00 bits per heavy atom. The topological polar surface area (TPSA) is 0 Å². The van der Waals surface area contributed by atoms with Gasteiger partial charge in [0.2, 0.25) is 0 Å². The van der Waals surface area contributed by atoms with Gasteiger partial charge >= 0.3 is 0 Å². The number of alkyl halides is 2. The molecule has 9 heavy (non-hydrogen) atoms. The molecule has 2 heteroatoms. The van der Waals surface area contributed by atoms with Crippen molar-refractivity contribution in [3.8, 4) is 0 Å². The van der Waals surface area contributed by atoms with E-state index in [1.165, 1.54) is 12.8 Å². The van der Waals surface area contributed by atoms with E-state index < -0.39 is 0 Å². The maximum atomic E-state index is 3.67. The third kappa shape index (κ3) is 0.823. The average Bonchev–Trinajstić information content (AvgIpc) is 2.27. The Labute approximate surface area is 72.7 Å². The molecule has 2 rings (SSSR count). The molecule has 0 nitrogen and oxygen atoms in total. The molecule has 0 aromatic heterocycles. The molecule has 0 heterocycles. The summed E-state index contributed by atoms with van der Waals surface area (Å²) in [4.78, 5) is 0. The van der Waals surface area contributed by atoms with Gasteiger partial charge in [-0.1, -0.05) is 38.8 Å². The molecule has 2 atom stereocenters. The molecule has 0 aromatic carbocycles. The van der Waals surface area contributed by atoms with Crippen molar-refractivity contribution in [1.82, 2.24) is 0 Å². The lowest BCUT2D eigenvalue weighted by Crippen LogP contribution is -2.00. The molecule has 52 valence electrons. The highest BCUT2D eigenvalue weighted by atomic mass is 79.9. The second kappa shape index (κ2) is 1.76. The third-order valence-electron chi connectivity index (χ3n) is 2.68. The molecule has 2 fully saturated rings. The Kier molecular flexibility index (Phi) is 1.30. The molecule has 2 aliphatic carbocycles. The van der Waals surface area contributed by atoms with Crippen LogP contribution >= 0.6 is 31.9 Å². The highest BCUT2D eigenvalue weighted by Crippen LogP contribution is 2.70. The van der Waals surface area contributed by atoms with E-state index in [-0.39, 0.29) is 0 Å². The van der Waals surface area contributed by atoms with Gasteiger partial charge in [-0.3, -0.25) is 0 Å². The Balaban J connectivity index is 2.06. The zero-order valence-corrected chi connectivity index (χ0v) is 8.57. The Morgan fingerprint density at radius 1 is 1.22 bits per heavy atom. The van der Waals surface area contributed by atoms with E-state index in [9.17, 15) is 0 Å². The van der Waals surface area contributed by atoms with Crippen molar-refractivity contribution in [3.63, 3.8) is 0 Å². The Hall–Kier alpha value is 0.960. The van der Waals surface area contributed by atoms with Gasteiger partial charge in [0.15, 0.2) is 0 Å². The van der Waals surface area contributed by atoms with Crippen LogP contribution in [0.3, 0.4) is 0 Å². The van der Waals surface area contributed by atoms with Crippen LogP contribution in [0.2, 0.25) is 0 Å². The number of halogens is 2. The molecule has 2 unspecified atom stereocenters. The van der Waals surface area contributed by atoms with Crippen molar-refractivity contribution in [1.29, 1.82) is 0 Å². The molecule has 0 bridgehead atoms. The van der Waals surface area contributed by atoms with Crippen LogP contribution in [0, 0.1) is 17.8 Å². The van der Waals surface area contributed by atoms with Crippen molar-refractivity contribution in [3.05, 3.63) is 0 Å². The van der Waals surface area contributed by atoms with Crippen LogP contribution < -0.4 is 0 Å². The second-order valence-corrected chi connectivity index (χ2v) is 7.15. The smallest absolute Gasteiger partial charge is 0.0721 e. The second-order valence-electron chi connectivity index (χ2n) is 3.46. The van der Waals surface area contributed by atoms with Gasteiger partial charge < -0.3 is 0 Å². The average molecular weight is 254 g/mol. The Morgan fingerprint density at radius 2 is 1.67 bits per heavy atom. The van der Waals surface area contributed by atoms with Crippen LogP contribution in [-0.2, 0) is 0 Å². The van der Waals surface area contributed by atoms with Crippen molar-refractivity contribution in [2.45, 2.75) is 23.0 Å². The molecule has 0 aliphatic heterocycles. The van der Waals surface area contributed by atoms with E-state index in [1.54, 1.807) is 0 Å². The minimum atomic E-state index is 0.368. The zero-order valence-electron chi connectivity index (χ0n) is 5.40. The molecule has 0 saturated heterocycles. The monoisotopic (exact) mass is 252 g/mol. The summed E-state index contributed by atoms with van der Waals surface area (Å²) in [7, 11) is 0. The van der Waals surface area contributed by atoms with Gasteiger partial charge in [-0.25, -0.2) is 0 Å². The fraction of sp³-hybridized carbons (Fsp3) is 1.00. The van der Waals surface area contributed by atoms with Gasteiger partial charge in [0, 0.05) is 0 Å². The molecule has 0 radical (unpaired) electrons. The molecule has 0 spiro atoms. The van der Waals surface area contributed by atoms with Gasteiger partial charge in [0.25, 0.3) is 0 Å². The summed E-state index contributed by atoms with van der Waals surface area (Å²) >= 11 is 7.35. The molecule has 0 N–H and O–H groups in total. The number of hydrogen-bond donors (Lipinski definition) is 0. The minimum absolute atomic E-state index is 0.368. The van der Waals surface area contributed by atoms with Crippen LogP contribution in [0.1, 0.15) is 19.8 Å². The Bertz CT molecular complexity index is 128. The molecule has 0 aromatic rings. The summed E-state index contributed by atoms with van der Waals surface area (Å²) in [6.07, 6.45) is 2.84. The molecule has 2 aliphatic rings. The van der Waals surface area contributed by atoms with Gasteiger partial charge in [0.05, 0.1) is 3.23 Å². The largest absolute Gasteiger partial charge is 0.0868 e. The normalized spacial score (nSPS) is 53.0. The van der Waals surface area contributed by atoms with Crippen molar-refractivity contribution in [2.24, 2.45) is 17.8 Å². The lowest BCUT2D eigenvalue weighted by Gasteiger charge is -2.08. The SMILES string of the molecule is CC1CC2C(C1)C2(Br)Br. The first-order valence-electron chi connectivity index (χ1n) is 3.50. The lowest BCUT2D eigenvalue weighted by atomic mass is 10.1. The van der Waals surface area contributed by atoms with Crippen LogP contribution in [0.25, 0.3) is 0 Å². The van der Waals surface area contributed by atoms with Gasteiger partial charge in [-0.2, -0.15) is 0 Å². The summed E-state index contributed by atoms with van der Waals surface area (Å²) in [5.74, 6) is 2.85. The number of hydrogen-bond acceptors (Lipinski definition) is 0. The summed E-state index contributed by atoms with van der Waals surface area (Å²) < 4.78 is 0.368.